The Bertz CT molecular complexity index is 1020. The van der Waals surface area contributed by atoms with Crippen LogP contribution in [0.25, 0.3) is 11.0 Å². The van der Waals surface area contributed by atoms with E-state index in [-0.39, 0.29) is 30.5 Å². The predicted octanol–water partition coefficient (Wildman–Crippen LogP) is 2.44. The minimum absolute atomic E-state index is 0.0276. The van der Waals surface area contributed by atoms with Crippen molar-refractivity contribution in [3.8, 4) is 0 Å². The van der Waals surface area contributed by atoms with Crippen molar-refractivity contribution in [3.63, 3.8) is 0 Å². The van der Waals surface area contributed by atoms with Crippen LogP contribution in [0.3, 0.4) is 0 Å². The van der Waals surface area contributed by atoms with Gasteiger partial charge >= 0.3 is 0 Å². The summed E-state index contributed by atoms with van der Waals surface area (Å²) in [6.45, 7) is 0.0276. The van der Waals surface area contributed by atoms with E-state index in [9.17, 15) is 18.4 Å². The normalized spacial score (nSPS) is 17.1. The summed E-state index contributed by atoms with van der Waals surface area (Å²) in [5, 5.41) is 0. The summed E-state index contributed by atoms with van der Waals surface area (Å²) in [7, 11) is 0. The number of aromatic nitrogens is 2. The monoisotopic (exact) mass is 356 g/mol. The molecule has 4 rings (SSSR count). The van der Waals surface area contributed by atoms with Crippen LogP contribution < -0.4 is 10.3 Å². The molecule has 0 aliphatic carbocycles. The standard InChI is InChI=1S/C18H14F2N4O2/c19-12-5-6-15(13(20)8-12)23-9-11(7-17(23)25)18(26)22-24-10-21-14-3-1-2-4-16(14)24/h1-6,8,10-11H,7,9H2,(H,22,26). The lowest BCUT2D eigenvalue weighted by Crippen LogP contribution is -2.32. The number of amides is 2. The predicted molar refractivity (Wildman–Crippen MR) is 90.9 cm³/mol. The summed E-state index contributed by atoms with van der Waals surface area (Å²) in [5.74, 6) is -2.95. The number of anilines is 1. The Balaban J connectivity index is 1.52. The number of para-hydroxylation sites is 2. The van der Waals surface area contributed by atoms with Gasteiger partial charge in [-0.15, -0.1) is 0 Å². The molecular formula is C18H14F2N4O2. The van der Waals surface area contributed by atoms with Crippen LogP contribution in [0.4, 0.5) is 14.5 Å². The summed E-state index contributed by atoms with van der Waals surface area (Å²) in [5.41, 5.74) is 4.13. The topological polar surface area (TPSA) is 67.2 Å². The Kier molecular flexibility index (Phi) is 3.87. The van der Waals surface area contributed by atoms with Crippen molar-refractivity contribution in [2.75, 3.05) is 16.9 Å². The number of nitrogens with zero attached hydrogens (tertiary/aromatic N) is 3. The highest BCUT2D eigenvalue weighted by Crippen LogP contribution is 2.28. The maximum atomic E-state index is 13.9. The number of carbonyl (C=O) groups is 2. The van der Waals surface area contributed by atoms with Gasteiger partial charge in [-0.05, 0) is 24.3 Å². The number of imidazole rings is 1. The second-order valence-corrected chi connectivity index (χ2v) is 6.08. The Morgan fingerprint density at radius 1 is 1.19 bits per heavy atom. The van der Waals surface area contributed by atoms with Crippen molar-refractivity contribution in [3.05, 3.63) is 60.4 Å². The number of carbonyl (C=O) groups excluding carboxylic acids is 2. The third-order valence-electron chi connectivity index (χ3n) is 4.38. The van der Waals surface area contributed by atoms with Crippen molar-refractivity contribution in [2.45, 2.75) is 6.42 Å². The minimum Gasteiger partial charge on any atom is -0.309 e. The molecular weight excluding hydrogens is 342 g/mol. The molecule has 1 aromatic heterocycles. The molecule has 0 saturated carbocycles. The number of hydrogen-bond acceptors (Lipinski definition) is 3. The van der Waals surface area contributed by atoms with Crippen LogP contribution in [-0.4, -0.2) is 28.0 Å². The lowest BCUT2D eigenvalue weighted by Gasteiger charge is -2.17. The fraction of sp³-hybridized carbons (Fsp3) is 0.167. The molecule has 1 aliphatic rings. The largest absolute Gasteiger partial charge is 0.309 e. The maximum Gasteiger partial charge on any atom is 0.244 e. The molecule has 1 atom stereocenters. The van der Waals surface area contributed by atoms with Gasteiger partial charge in [0.1, 0.15) is 18.0 Å². The smallest absolute Gasteiger partial charge is 0.244 e. The van der Waals surface area contributed by atoms with Gasteiger partial charge in [-0.3, -0.25) is 15.0 Å². The molecule has 1 N–H and O–H groups in total. The first-order chi connectivity index (χ1) is 12.5. The van der Waals surface area contributed by atoms with E-state index in [1.165, 1.54) is 22.0 Å². The Labute approximate surface area is 147 Å². The molecule has 26 heavy (non-hydrogen) atoms. The Hall–Kier alpha value is -3.29. The van der Waals surface area contributed by atoms with Gasteiger partial charge in [0.25, 0.3) is 0 Å². The summed E-state index contributed by atoms with van der Waals surface area (Å²) >= 11 is 0. The molecule has 0 radical (unpaired) electrons. The number of fused-ring (bicyclic) bond motifs is 1. The second-order valence-electron chi connectivity index (χ2n) is 6.08. The zero-order chi connectivity index (χ0) is 18.3. The van der Waals surface area contributed by atoms with Crippen LogP contribution in [-0.2, 0) is 9.59 Å². The van der Waals surface area contributed by atoms with Crippen LogP contribution >= 0.6 is 0 Å². The molecule has 0 spiro atoms. The fourth-order valence-corrected chi connectivity index (χ4v) is 3.07. The van der Waals surface area contributed by atoms with E-state index >= 15 is 0 Å². The van der Waals surface area contributed by atoms with Gasteiger partial charge in [-0.25, -0.2) is 18.4 Å². The average molecular weight is 356 g/mol. The lowest BCUT2D eigenvalue weighted by molar-refractivity contribution is -0.123. The summed E-state index contributed by atoms with van der Waals surface area (Å²) in [4.78, 5) is 30.1. The van der Waals surface area contributed by atoms with E-state index in [2.05, 4.69) is 10.4 Å². The summed E-state index contributed by atoms with van der Waals surface area (Å²) in [6, 6.07) is 10.3. The van der Waals surface area contributed by atoms with Gasteiger partial charge in [-0.1, -0.05) is 12.1 Å². The van der Waals surface area contributed by atoms with Crippen molar-refractivity contribution in [2.24, 2.45) is 5.92 Å². The average Bonchev–Trinajstić information content (AvgIpc) is 3.19. The number of hydrogen-bond donors (Lipinski definition) is 1. The first-order valence-electron chi connectivity index (χ1n) is 8.01. The quantitative estimate of drug-likeness (QED) is 0.784. The molecule has 0 bridgehead atoms. The molecule has 8 heteroatoms. The molecule has 3 aromatic rings. The minimum atomic E-state index is -0.833. The molecule has 2 aromatic carbocycles. The maximum absolute atomic E-state index is 13.9. The molecule has 6 nitrogen and oxygen atoms in total. The number of benzene rings is 2. The van der Waals surface area contributed by atoms with E-state index in [0.29, 0.717) is 6.07 Å². The van der Waals surface area contributed by atoms with Crippen molar-refractivity contribution in [1.82, 2.24) is 9.66 Å². The van der Waals surface area contributed by atoms with Crippen LogP contribution in [0.15, 0.2) is 48.8 Å². The van der Waals surface area contributed by atoms with Crippen LogP contribution in [0.1, 0.15) is 6.42 Å². The summed E-state index contributed by atoms with van der Waals surface area (Å²) < 4.78 is 28.5. The van der Waals surface area contributed by atoms with E-state index in [0.717, 1.165) is 17.1 Å². The number of rotatable bonds is 3. The zero-order valence-corrected chi connectivity index (χ0v) is 13.5. The van der Waals surface area contributed by atoms with Gasteiger partial charge in [0, 0.05) is 19.0 Å². The van der Waals surface area contributed by atoms with Gasteiger partial charge < -0.3 is 4.90 Å². The molecule has 2 amide bonds. The van der Waals surface area contributed by atoms with Gasteiger partial charge in [0.05, 0.1) is 22.6 Å². The van der Waals surface area contributed by atoms with Gasteiger partial charge in [0.2, 0.25) is 11.8 Å². The SMILES string of the molecule is O=C(Nn1cnc2ccccc21)C1CC(=O)N(c2ccc(F)cc2F)C1. The zero-order valence-electron chi connectivity index (χ0n) is 13.5. The van der Waals surface area contributed by atoms with E-state index in [1.807, 2.05) is 24.3 Å². The first-order valence-corrected chi connectivity index (χ1v) is 8.01. The van der Waals surface area contributed by atoms with Crippen LogP contribution in [0, 0.1) is 17.6 Å². The molecule has 1 aliphatic heterocycles. The van der Waals surface area contributed by atoms with E-state index in [1.54, 1.807) is 0 Å². The highest BCUT2D eigenvalue weighted by Gasteiger charge is 2.36. The molecule has 1 saturated heterocycles. The third-order valence-corrected chi connectivity index (χ3v) is 4.38. The van der Waals surface area contributed by atoms with Crippen LogP contribution in [0.2, 0.25) is 0 Å². The Morgan fingerprint density at radius 3 is 2.81 bits per heavy atom. The molecule has 1 fully saturated rings. The highest BCUT2D eigenvalue weighted by molar-refractivity contribution is 6.02. The summed E-state index contributed by atoms with van der Waals surface area (Å²) in [6.07, 6.45) is 1.44. The highest BCUT2D eigenvalue weighted by atomic mass is 19.1. The lowest BCUT2D eigenvalue weighted by atomic mass is 10.1. The number of halogens is 2. The van der Waals surface area contributed by atoms with Crippen molar-refractivity contribution in [1.29, 1.82) is 0 Å². The first kappa shape index (κ1) is 16.2. The molecule has 132 valence electrons. The van der Waals surface area contributed by atoms with Crippen LogP contribution in [0.5, 0.6) is 0 Å². The van der Waals surface area contributed by atoms with Crippen molar-refractivity contribution >= 4 is 28.5 Å². The second kappa shape index (κ2) is 6.21. The van der Waals surface area contributed by atoms with E-state index in [4.69, 9.17) is 0 Å². The third kappa shape index (κ3) is 2.79. The molecule has 1 unspecified atom stereocenters. The Morgan fingerprint density at radius 2 is 2.00 bits per heavy atom. The van der Waals surface area contributed by atoms with Gasteiger partial charge in [-0.2, -0.15) is 0 Å². The van der Waals surface area contributed by atoms with Crippen molar-refractivity contribution < 1.29 is 18.4 Å². The molecule has 2 heterocycles. The van der Waals surface area contributed by atoms with Gasteiger partial charge in [0.15, 0.2) is 0 Å². The van der Waals surface area contributed by atoms with E-state index < -0.39 is 17.6 Å². The fourth-order valence-electron chi connectivity index (χ4n) is 3.07. The number of nitrogens with one attached hydrogen (secondary N) is 1.